The highest BCUT2D eigenvalue weighted by Crippen LogP contribution is 2.35. The third kappa shape index (κ3) is 3.77. The first-order valence-electron chi connectivity index (χ1n) is 6.32. The Balaban J connectivity index is 2.88. The second-order valence-corrected chi connectivity index (χ2v) is 4.84. The molecule has 0 aliphatic rings. The van der Waals surface area contributed by atoms with Crippen molar-refractivity contribution in [3.05, 3.63) is 17.7 Å². The summed E-state index contributed by atoms with van der Waals surface area (Å²) in [7, 11) is 0. The number of phenolic OH excluding ortho intramolecular Hbond substituents is 3. The molecule has 0 amide bonds. The molecular weight excluding hydrogens is 248 g/mol. The third-order valence-electron chi connectivity index (χ3n) is 2.88. The lowest BCUT2D eigenvalue weighted by Gasteiger charge is -2.21. The zero-order valence-corrected chi connectivity index (χ0v) is 11.4. The Labute approximate surface area is 112 Å². The van der Waals surface area contributed by atoms with E-state index in [0.717, 1.165) is 25.0 Å². The second kappa shape index (κ2) is 6.31. The van der Waals surface area contributed by atoms with Crippen molar-refractivity contribution >= 4 is 5.97 Å². The zero-order valence-electron chi connectivity index (χ0n) is 11.4. The standard InChI is InChI=1S/C14H20O5/c1-4-5-12(8(2)3)19-14(18)9-6-10(15)13(17)11(16)7-9/h6-8,12,15-17H,4-5H2,1-3H3. The first kappa shape index (κ1) is 15.1. The Bertz CT molecular complexity index is 430. The lowest BCUT2D eigenvalue weighted by Crippen LogP contribution is -2.23. The normalized spacial score (nSPS) is 12.4. The van der Waals surface area contributed by atoms with Crippen molar-refractivity contribution in [2.75, 3.05) is 0 Å². The molecule has 0 radical (unpaired) electrons. The Morgan fingerprint density at radius 1 is 1.21 bits per heavy atom. The molecule has 3 N–H and O–H groups in total. The maximum Gasteiger partial charge on any atom is 0.338 e. The predicted octanol–water partition coefficient (Wildman–Crippen LogP) is 2.78. The fraction of sp³-hybridized carbons (Fsp3) is 0.500. The number of benzene rings is 1. The molecule has 1 unspecified atom stereocenters. The van der Waals surface area contributed by atoms with E-state index in [4.69, 9.17) is 4.74 Å². The SMILES string of the molecule is CCCC(OC(=O)c1cc(O)c(O)c(O)c1)C(C)C. The molecule has 0 spiro atoms. The molecule has 1 rings (SSSR count). The van der Waals surface area contributed by atoms with E-state index >= 15 is 0 Å². The molecular formula is C14H20O5. The summed E-state index contributed by atoms with van der Waals surface area (Å²) in [5, 5.41) is 27.9. The molecule has 5 heteroatoms. The van der Waals surface area contributed by atoms with Crippen LogP contribution in [0, 0.1) is 5.92 Å². The summed E-state index contributed by atoms with van der Waals surface area (Å²) in [6, 6.07) is 2.14. The van der Waals surface area contributed by atoms with Gasteiger partial charge in [0.2, 0.25) is 0 Å². The molecule has 0 fully saturated rings. The topological polar surface area (TPSA) is 87.0 Å². The number of carbonyl (C=O) groups excluding carboxylic acids is 1. The zero-order chi connectivity index (χ0) is 14.6. The van der Waals surface area contributed by atoms with Gasteiger partial charge in [0, 0.05) is 0 Å². The van der Waals surface area contributed by atoms with Crippen LogP contribution in [-0.2, 0) is 4.74 Å². The van der Waals surface area contributed by atoms with Gasteiger partial charge in [-0.1, -0.05) is 27.2 Å². The number of hydrogen-bond acceptors (Lipinski definition) is 5. The Morgan fingerprint density at radius 3 is 2.16 bits per heavy atom. The fourth-order valence-corrected chi connectivity index (χ4v) is 1.74. The van der Waals surface area contributed by atoms with Crippen LogP contribution < -0.4 is 0 Å². The van der Waals surface area contributed by atoms with Gasteiger partial charge in [0.1, 0.15) is 6.10 Å². The lowest BCUT2D eigenvalue weighted by molar-refractivity contribution is 0.0156. The average molecular weight is 268 g/mol. The van der Waals surface area contributed by atoms with Crippen molar-refractivity contribution in [3.63, 3.8) is 0 Å². The van der Waals surface area contributed by atoms with Gasteiger partial charge in [0.05, 0.1) is 5.56 Å². The molecule has 0 bridgehead atoms. The van der Waals surface area contributed by atoms with Crippen LogP contribution in [0.25, 0.3) is 0 Å². The highest BCUT2D eigenvalue weighted by molar-refractivity contribution is 5.91. The molecule has 5 nitrogen and oxygen atoms in total. The molecule has 0 aromatic heterocycles. The Morgan fingerprint density at radius 2 is 1.74 bits per heavy atom. The molecule has 1 aromatic rings. The van der Waals surface area contributed by atoms with E-state index in [1.54, 1.807) is 0 Å². The lowest BCUT2D eigenvalue weighted by atomic mass is 10.0. The minimum atomic E-state index is -0.648. The largest absolute Gasteiger partial charge is 0.504 e. The number of rotatable bonds is 5. The van der Waals surface area contributed by atoms with Crippen LogP contribution in [0.15, 0.2) is 12.1 Å². The molecule has 0 aliphatic carbocycles. The van der Waals surface area contributed by atoms with Crippen molar-refractivity contribution < 1.29 is 24.9 Å². The summed E-state index contributed by atoms with van der Waals surface area (Å²) < 4.78 is 5.35. The molecule has 106 valence electrons. The number of aromatic hydroxyl groups is 3. The molecule has 19 heavy (non-hydrogen) atoms. The van der Waals surface area contributed by atoms with E-state index in [1.165, 1.54) is 0 Å². The van der Waals surface area contributed by atoms with Crippen LogP contribution in [0.1, 0.15) is 44.0 Å². The van der Waals surface area contributed by atoms with E-state index in [2.05, 4.69) is 0 Å². The van der Waals surface area contributed by atoms with Gasteiger partial charge in [-0.15, -0.1) is 0 Å². The molecule has 0 saturated heterocycles. The molecule has 1 aromatic carbocycles. The number of esters is 1. The number of carbonyl (C=O) groups is 1. The Kier molecular flexibility index (Phi) is 5.03. The first-order chi connectivity index (χ1) is 8.86. The molecule has 0 heterocycles. The highest BCUT2D eigenvalue weighted by atomic mass is 16.5. The predicted molar refractivity (Wildman–Crippen MR) is 70.4 cm³/mol. The van der Waals surface area contributed by atoms with Crippen molar-refractivity contribution in [1.82, 2.24) is 0 Å². The van der Waals surface area contributed by atoms with Gasteiger partial charge in [-0.3, -0.25) is 0 Å². The second-order valence-electron chi connectivity index (χ2n) is 4.84. The van der Waals surface area contributed by atoms with E-state index in [0.29, 0.717) is 0 Å². The van der Waals surface area contributed by atoms with Gasteiger partial charge >= 0.3 is 5.97 Å². The van der Waals surface area contributed by atoms with Crippen LogP contribution in [0.4, 0.5) is 0 Å². The van der Waals surface area contributed by atoms with Gasteiger partial charge in [-0.2, -0.15) is 0 Å². The number of phenols is 3. The summed E-state index contributed by atoms with van der Waals surface area (Å²) in [6.07, 6.45) is 1.43. The minimum absolute atomic E-state index is 0.00885. The van der Waals surface area contributed by atoms with E-state index in [9.17, 15) is 20.1 Å². The highest BCUT2D eigenvalue weighted by Gasteiger charge is 2.20. The van der Waals surface area contributed by atoms with Crippen LogP contribution in [-0.4, -0.2) is 27.4 Å². The van der Waals surface area contributed by atoms with Crippen LogP contribution >= 0.6 is 0 Å². The molecule has 1 atom stereocenters. The van der Waals surface area contributed by atoms with Crippen LogP contribution in [0.3, 0.4) is 0 Å². The van der Waals surface area contributed by atoms with Gasteiger partial charge < -0.3 is 20.1 Å². The molecule has 0 aliphatic heterocycles. The van der Waals surface area contributed by atoms with Gasteiger partial charge in [0.15, 0.2) is 17.2 Å². The smallest absolute Gasteiger partial charge is 0.338 e. The average Bonchev–Trinajstić information content (AvgIpc) is 2.34. The first-order valence-corrected chi connectivity index (χ1v) is 6.32. The van der Waals surface area contributed by atoms with E-state index in [-0.39, 0.29) is 17.6 Å². The van der Waals surface area contributed by atoms with Crippen molar-refractivity contribution in [1.29, 1.82) is 0 Å². The number of hydrogen-bond donors (Lipinski definition) is 3. The maximum atomic E-state index is 11.9. The summed E-state index contributed by atoms with van der Waals surface area (Å²) in [4.78, 5) is 11.9. The van der Waals surface area contributed by atoms with Crippen molar-refractivity contribution in [3.8, 4) is 17.2 Å². The van der Waals surface area contributed by atoms with E-state index < -0.39 is 23.2 Å². The van der Waals surface area contributed by atoms with Crippen LogP contribution in [0.5, 0.6) is 17.2 Å². The minimum Gasteiger partial charge on any atom is -0.504 e. The van der Waals surface area contributed by atoms with Crippen LogP contribution in [0.2, 0.25) is 0 Å². The Hall–Kier alpha value is -1.91. The quantitative estimate of drug-likeness (QED) is 0.564. The van der Waals surface area contributed by atoms with Crippen molar-refractivity contribution in [2.45, 2.75) is 39.7 Å². The maximum absolute atomic E-state index is 11.9. The molecule has 0 saturated carbocycles. The summed E-state index contributed by atoms with van der Waals surface area (Å²) >= 11 is 0. The number of ether oxygens (including phenoxy) is 1. The summed E-state index contributed by atoms with van der Waals surface area (Å²) in [5.41, 5.74) is 0.00885. The summed E-state index contributed by atoms with van der Waals surface area (Å²) in [5.74, 6) is -2.20. The van der Waals surface area contributed by atoms with E-state index in [1.807, 2.05) is 20.8 Å². The third-order valence-corrected chi connectivity index (χ3v) is 2.88. The summed E-state index contributed by atoms with van der Waals surface area (Å²) in [6.45, 7) is 5.92. The van der Waals surface area contributed by atoms with Gasteiger partial charge in [-0.25, -0.2) is 4.79 Å². The van der Waals surface area contributed by atoms with Gasteiger partial charge in [-0.05, 0) is 24.5 Å². The fourth-order valence-electron chi connectivity index (χ4n) is 1.74. The van der Waals surface area contributed by atoms with Crippen molar-refractivity contribution in [2.24, 2.45) is 5.92 Å². The van der Waals surface area contributed by atoms with Gasteiger partial charge in [0.25, 0.3) is 0 Å². The monoisotopic (exact) mass is 268 g/mol.